The Hall–Kier alpha value is -2.15. The van der Waals surface area contributed by atoms with E-state index in [1.165, 1.54) is 0 Å². The molecule has 0 saturated carbocycles. The molecule has 0 unspecified atom stereocenters. The average molecular weight is 330 g/mol. The molecule has 1 aliphatic rings. The molecule has 0 aromatic carbocycles. The lowest BCUT2D eigenvalue weighted by molar-refractivity contribution is -0.0203. The maximum Gasteiger partial charge on any atom is 0.224 e. The highest BCUT2D eigenvalue weighted by Crippen LogP contribution is 2.23. The zero-order chi connectivity index (χ0) is 16.9. The van der Waals surface area contributed by atoms with Gasteiger partial charge in [-0.2, -0.15) is 10.1 Å². The molecule has 7 heteroatoms. The third-order valence-electron chi connectivity index (χ3n) is 4.36. The van der Waals surface area contributed by atoms with Crippen molar-refractivity contribution in [3.05, 3.63) is 30.2 Å². The first-order valence-electron chi connectivity index (χ1n) is 8.55. The van der Waals surface area contributed by atoms with Crippen LogP contribution < -0.4 is 10.6 Å². The van der Waals surface area contributed by atoms with Crippen molar-refractivity contribution in [3.8, 4) is 0 Å². The van der Waals surface area contributed by atoms with Gasteiger partial charge in [0.05, 0.1) is 24.4 Å². The van der Waals surface area contributed by atoms with E-state index < -0.39 is 0 Å². The van der Waals surface area contributed by atoms with Gasteiger partial charge >= 0.3 is 0 Å². The van der Waals surface area contributed by atoms with Gasteiger partial charge in [-0.05, 0) is 30.9 Å². The number of aromatic nitrogens is 4. The first kappa shape index (κ1) is 16.7. The predicted molar refractivity (Wildman–Crippen MR) is 93.8 cm³/mol. The highest BCUT2D eigenvalue weighted by Gasteiger charge is 2.28. The topological polar surface area (TPSA) is 76.9 Å². The Morgan fingerprint density at radius 2 is 2.21 bits per heavy atom. The van der Waals surface area contributed by atoms with Gasteiger partial charge in [0.2, 0.25) is 5.95 Å². The predicted octanol–water partition coefficient (Wildman–Crippen LogP) is 2.44. The summed E-state index contributed by atoms with van der Waals surface area (Å²) >= 11 is 0. The quantitative estimate of drug-likeness (QED) is 0.847. The van der Waals surface area contributed by atoms with Crippen LogP contribution in [0.3, 0.4) is 0 Å². The lowest BCUT2D eigenvalue weighted by Gasteiger charge is -2.35. The third kappa shape index (κ3) is 4.03. The molecule has 0 spiro atoms. The fourth-order valence-corrected chi connectivity index (χ4v) is 3.07. The summed E-state index contributed by atoms with van der Waals surface area (Å²) in [5.74, 6) is 1.92. The summed E-state index contributed by atoms with van der Waals surface area (Å²) in [6, 6.07) is 4.17. The Bertz CT molecular complexity index is 656. The number of hydrogen-bond acceptors (Lipinski definition) is 6. The number of nitrogens with one attached hydrogen (secondary N) is 2. The molecule has 2 N–H and O–H groups in total. The minimum absolute atomic E-state index is 0.222. The Labute approximate surface area is 142 Å². The van der Waals surface area contributed by atoms with Crippen molar-refractivity contribution in [2.45, 2.75) is 45.4 Å². The number of anilines is 2. The van der Waals surface area contributed by atoms with E-state index in [2.05, 4.69) is 39.5 Å². The van der Waals surface area contributed by atoms with E-state index in [1.54, 1.807) is 12.4 Å². The second-order valence-corrected chi connectivity index (χ2v) is 6.54. The zero-order valence-corrected chi connectivity index (χ0v) is 14.6. The molecule has 1 aliphatic heterocycles. The van der Waals surface area contributed by atoms with Gasteiger partial charge in [-0.1, -0.05) is 13.8 Å². The maximum atomic E-state index is 5.93. The molecule has 0 bridgehead atoms. The first-order chi connectivity index (χ1) is 11.6. The minimum atomic E-state index is 0.222. The van der Waals surface area contributed by atoms with Gasteiger partial charge in [-0.25, -0.2) is 4.98 Å². The normalized spacial score (nSPS) is 21.0. The lowest BCUT2D eigenvalue weighted by Crippen LogP contribution is -2.43. The summed E-state index contributed by atoms with van der Waals surface area (Å²) in [5.41, 5.74) is 1.08. The number of hydrogen-bond donors (Lipinski definition) is 2. The van der Waals surface area contributed by atoms with Crippen LogP contribution in [-0.2, 0) is 18.3 Å². The van der Waals surface area contributed by atoms with Crippen LogP contribution in [0, 0.1) is 5.92 Å². The maximum absolute atomic E-state index is 5.93. The molecule has 1 saturated heterocycles. The highest BCUT2D eigenvalue weighted by atomic mass is 16.5. The Morgan fingerprint density at radius 1 is 1.33 bits per heavy atom. The van der Waals surface area contributed by atoms with Crippen LogP contribution in [0.5, 0.6) is 0 Å². The van der Waals surface area contributed by atoms with Gasteiger partial charge in [0.15, 0.2) is 0 Å². The Balaban J connectivity index is 1.63. The summed E-state index contributed by atoms with van der Waals surface area (Å²) in [6.45, 7) is 5.89. The van der Waals surface area contributed by atoms with Gasteiger partial charge in [0, 0.05) is 26.0 Å². The molecule has 3 rings (SSSR count). The highest BCUT2D eigenvalue weighted by molar-refractivity contribution is 5.41. The van der Waals surface area contributed by atoms with Gasteiger partial charge in [-0.15, -0.1) is 0 Å². The van der Waals surface area contributed by atoms with Gasteiger partial charge in [0.25, 0.3) is 0 Å². The fourth-order valence-electron chi connectivity index (χ4n) is 3.07. The van der Waals surface area contributed by atoms with Crippen molar-refractivity contribution >= 4 is 11.8 Å². The van der Waals surface area contributed by atoms with Crippen molar-refractivity contribution in [2.24, 2.45) is 13.0 Å². The summed E-state index contributed by atoms with van der Waals surface area (Å²) in [5, 5.41) is 10.9. The molecule has 0 radical (unpaired) electrons. The summed E-state index contributed by atoms with van der Waals surface area (Å²) in [4.78, 5) is 8.86. The van der Waals surface area contributed by atoms with Crippen LogP contribution in [-0.4, -0.2) is 38.5 Å². The second-order valence-electron chi connectivity index (χ2n) is 6.54. The van der Waals surface area contributed by atoms with Crippen molar-refractivity contribution in [1.29, 1.82) is 0 Å². The molecule has 3 heterocycles. The van der Waals surface area contributed by atoms with Crippen LogP contribution in [0.1, 0.15) is 32.4 Å². The number of aryl methyl sites for hydroxylation is 1. The largest absolute Gasteiger partial charge is 0.376 e. The standard InChI is InChI=1S/C17H26N6O/c1-12(2)16-14(5-4-10-24-16)21-15-7-8-18-17(22-15)19-11-13-6-9-20-23(13)3/h6-9,12,14,16H,4-5,10-11H2,1-3H3,(H2,18,19,21,22)/t14-,16+/m1/s1. The third-order valence-corrected chi connectivity index (χ3v) is 4.36. The van der Waals surface area contributed by atoms with E-state index in [0.29, 0.717) is 24.5 Å². The minimum Gasteiger partial charge on any atom is -0.376 e. The molecule has 0 aliphatic carbocycles. The molecule has 7 nitrogen and oxygen atoms in total. The number of nitrogens with zero attached hydrogens (tertiary/aromatic N) is 4. The average Bonchev–Trinajstić information content (AvgIpc) is 2.99. The van der Waals surface area contributed by atoms with Gasteiger partial charge in [0.1, 0.15) is 5.82 Å². The molecular weight excluding hydrogens is 304 g/mol. The van der Waals surface area contributed by atoms with E-state index in [4.69, 9.17) is 4.74 Å². The van der Waals surface area contributed by atoms with Crippen molar-refractivity contribution in [3.63, 3.8) is 0 Å². The van der Waals surface area contributed by atoms with Crippen molar-refractivity contribution in [2.75, 3.05) is 17.2 Å². The monoisotopic (exact) mass is 330 g/mol. The molecular formula is C17H26N6O. The van der Waals surface area contributed by atoms with E-state index in [-0.39, 0.29) is 6.10 Å². The van der Waals surface area contributed by atoms with Crippen LogP contribution in [0.2, 0.25) is 0 Å². The Morgan fingerprint density at radius 3 is 2.96 bits per heavy atom. The van der Waals surface area contributed by atoms with Crippen LogP contribution in [0.15, 0.2) is 24.5 Å². The molecule has 1 fully saturated rings. The zero-order valence-electron chi connectivity index (χ0n) is 14.6. The van der Waals surface area contributed by atoms with Gasteiger partial charge in [-0.3, -0.25) is 4.68 Å². The van der Waals surface area contributed by atoms with Crippen LogP contribution in [0.4, 0.5) is 11.8 Å². The Kier molecular flexibility index (Phi) is 5.30. The van der Waals surface area contributed by atoms with E-state index in [0.717, 1.165) is 31.0 Å². The summed E-state index contributed by atoms with van der Waals surface area (Å²) in [7, 11) is 1.92. The van der Waals surface area contributed by atoms with Crippen LogP contribution in [0.25, 0.3) is 0 Å². The number of rotatable bonds is 6. The van der Waals surface area contributed by atoms with E-state index in [1.807, 2.05) is 23.9 Å². The fraction of sp³-hybridized carbons (Fsp3) is 0.588. The first-order valence-corrected chi connectivity index (χ1v) is 8.55. The molecule has 0 amide bonds. The smallest absolute Gasteiger partial charge is 0.224 e. The van der Waals surface area contributed by atoms with E-state index in [9.17, 15) is 0 Å². The molecule has 24 heavy (non-hydrogen) atoms. The molecule has 2 aromatic heterocycles. The van der Waals surface area contributed by atoms with Crippen molar-refractivity contribution in [1.82, 2.24) is 19.7 Å². The SMILES string of the molecule is CC(C)[C@@H]1OCCC[C@H]1Nc1ccnc(NCc2ccnn2C)n1. The second kappa shape index (κ2) is 7.61. The van der Waals surface area contributed by atoms with Crippen LogP contribution >= 0.6 is 0 Å². The summed E-state index contributed by atoms with van der Waals surface area (Å²) in [6.07, 6.45) is 5.96. The lowest BCUT2D eigenvalue weighted by atomic mass is 9.94. The molecule has 130 valence electrons. The summed E-state index contributed by atoms with van der Waals surface area (Å²) < 4.78 is 7.77. The molecule has 2 aromatic rings. The number of ether oxygens (including phenoxy) is 1. The van der Waals surface area contributed by atoms with Gasteiger partial charge < -0.3 is 15.4 Å². The molecule has 2 atom stereocenters. The van der Waals surface area contributed by atoms with Crippen molar-refractivity contribution < 1.29 is 4.74 Å². The van der Waals surface area contributed by atoms with E-state index >= 15 is 0 Å².